The lowest BCUT2D eigenvalue weighted by Gasteiger charge is -2.17. The molecular weight excluding hydrogens is 206 g/mol. The molecule has 1 aromatic rings. The molecule has 0 unspecified atom stereocenters. The van der Waals surface area contributed by atoms with E-state index in [0.29, 0.717) is 12.3 Å². The van der Waals surface area contributed by atoms with Crippen molar-refractivity contribution in [2.24, 2.45) is 0 Å². The maximum atomic E-state index is 10.4. The zero-order valence-corrected chi connectivity index (χ0v) is 9.32. The first-order chi connectivity index (χ1) is 7.75. The number of carbonyl (C=O) groups is 1. The zero-order valence-electron chi connectivity index (χ0n) is 9.32. The van der Waals surface area contributed by atoms with Gasteiger partial charge >= 0.3 is 5.97 Å². The van der Waals surface area contributed by atoms with E-state index in [1.807, 2.05) is 0 Å². The fraction of sp³-hybridized carbons (Fsp3) is 0.667. The fourth-order valence-corrected chi connectivity index (χ4v) is 2.21. The van der Waals surface area contributed by atoms with Crippen LogP contribution in [-0.4, -0.2) is 16.1 Å². The Hall–Kier alpha value is -1.32. The molecule has 0 aromatic carbocycles. The van der Waals surface area contributed by atoms with Crippen molar-refractivity contribution in [2.45, 2.75) is 50.9 Å². The maximum Gasteiger partial charge on any atom is 0.303 e. The highest BCUT2D eigenvalue weighted by Gasteiger charge is 2.20. The maximum absolute atomic E-state index is 10.4. The molecule has 4 nitrogen and oxygen atoms in total. The third-order valence-electron chi connectivity index (χ3n) is 3.12. The van der Waals surface area contributed by atoms with Crippen LogP contribution in [-0.2, 0) is 11.2 Å². The van der Waals surface area contributed by atoms with Crippen LogP contribution in [0.3, 0.4) is 0 Å². The van der Waals surface area contributed by atoms with Crippen molar-refractivity contribution in [1.82, 2.24) is 4.98 Å². The zero-order chi connectivity index (χ0) is 11.4. The van der Waals surface area contributed by atoms with E-state index in [-0.39, 0.29) is 6.42 Å². The first-order valence-electron chi connectivity index (χ1n) is 5.92. The standard InChI is InChI=1S/C12H17NO3/c14-11(15)7-6-10-8-16-12(13-10)9-4-2-1-3-5-9/h8-9H,1-7H2,(H,14,15). The third-order valence-corrected chi connectivity index (χ3v) is 3.12. The highest BCUT2D eigenvalue weighted by atomic mass is 16.4. The second kappa shape index (κ2) is 5.14. The molecule has 0 radical (unpaired) electrons. The van der Waals surface area contributed by atoms with Crippen molar-refractivity contribution in [3.8, 4) is 0 Å². The van der Waals surface area contributed by atoms with Gasteiger partial charge < -0.3 is 9.52 Å². The van der Waals surface area contributed by atoms with Gasteiger partial charge in [0.05, 0.1) is 12.1 Å². The van der Waals surface area contributed by atoms with Crippen LogP contribution in [0, 0.1) is 0 Å². The number of carboxylic acids is 1. The molecule has 1 saturated carbocycles. The highest BCUT2D eigenvalue weighted by Crippen LogP contribution is 2.31. The Morgan fingerprint density at radius 2 is 2.19 bits per heavy atom. The highest BCUT2D eigenvalue weighted by molar-refractivity contribution is 5.66. The molecular formula is C12H17NO3. The van der Waals surface area contributed by atoms with Gasteiger partial charge in [0, 0.05) is 12.3 Å². The average molecular weight is 223 g/mol. The molecule has 0 bridgehead atoms. The third kappa shape index (κ3) is 2.84. The monoisotopic (exact) mass is 223 g/mol. The van der Waals surface area contributed by atoms with Gasteiger partial charge in [-0.3, -0.25) is 4.79 Å². The van der Waals surface area contributed by atoms with Gasteiger partial charge in [-0.2, -0.15) is 0 Å². The van der Waals surface area contributed by atoms with E-state index in [9.17, 15) is 4.79 Å². The predicted molar refractivity (Wildman–Crippen MR) is 58.3 cm³/mol. The summed E-state index contributed by atoms with van der Waals surface area (Å²) in [5, 5.41) is 8.57. The molecule has 4 heteroatoms. The van der Waals surface area contributed by atoms with Crippen LogP contribution in [0.4, 0.5) is 0 Å². The van der Waals surface area contributed by atoms with Crippen LogP contribution in [0.15, 0.2) is 10.7 Å². The smallest absolute Gasteiger partial charge is 0.303 e. The molecule has 1 aromatic heterocycles. The van der Waals surface area contributed by atoms with Crippen LogP contribution in [0.1, 0.15) is 56.0 Å². The first-order valence-corrected chi connectivity index (χ1v) is 5.92. The average Bonchev–Trinajstić information content (AvgIpc) is 2.76. The molecule has 0 amide bonds. The minimum absolute atomic E-state index is 0.122. The van der Waals surface area contributed by atoms with Crippen molar-refractivity contribution in [2.75, 3.05) is 0 Å². The van der Waals surface area contributed by atoms with Gasteiger partial charge in [0.1, 0.15) is 6.26 Å². The Morgan fingerprint density at radius 3 is 2.88 bits per heavy atom. The minimum Gasteiger partial charge on any atom is -0.481 e. The lowest BCUT2D eigenvalue weighted by atomic mass is 9.89. The Balaban J connectivity index is 1.93. The summed E-state index contributed by atoms with van der Waals surface area (Å²) in [5.74, 6) is 0.467. The number of carboxylic acid groups (broad SMARTS) is 1. The molecule has 2 rings (SSSR count). The molecule has 0 saturated heterocycles. The van der Waals surface area contributed by atoms with E-state index < -0.39 is 5.97 Å². The molecule has 1 N–H and O–H groups in total. The Kier molecular flexibility index (Phi) is 3.59. The molecule has 1 fully saturated rings. The lowest BCUT2D eigenvalue weighted by molar-refractivity contribution is -0.136. The largest absolute Gasteiger partial charge is 0.481 e. The normalized spacial score (nSPS) is 17.5. The molecule has 0 atom stereocenters. The number of aryl methyl sites for hydroxylation is 1. The van der Waals surface area contributed by atoms with Gasteiger partial charge in [-0.25, -0.2) is 4.98 Å². The number of oxazole rings is 1. The Bertz CT molecular complexity index is 353. The Labute approximate surface area is 94.7 Å². The summed E-state index contributed by atoms with van der Waals surface area (Å²) in [6.07, 6.45) is 8.30. The van der Waals surface area contributed by atoms with Crippen molar-refractivity contribution in [1.29, 1.82) is 0 Å². The Morgan fingerprint density at radius 1 is 1.44 bits per heavy atom. The van der Waals surface area contributed by atoms with Gasteiger partial charge in [-0.15, -0.1) is 0 Å². The second-order valence-electron chi connectivity index (χ2n) is 4.41. The number of hydrogen-bond donors (Lipinski definition) is 1. The van der Waals surface area contributed by atoms with Crippen LogP contribution < -0.4 is 0 Å². The van der Waals surface area contributed by atoms with Gasteiger partial charge in [-0.05, 0) is 12.8 Å². The molecule has 1 aliphatic rings. The fourth-order valence-electron chi connectivity index (χ4n) is 2.21. The number of nitrogens with zero attached hydrogens (tertiary/aromatic N) is 1. The van der Waals surface area contributed by atoms with Crippen LogP contribution >= 0.6 is 0 Å². The lowest BCUT2D eigenvalue weighted by Crippen LogP contribution is -2.05. The topological polar surface area (TPSA) is 63.3 Å². The van der Waals surface area contributed by atoms with Crippen molar-refractivity contribution in [3.63, 3.8) is 0 Å². The van der Waals surface area contributed by atoms with E-state index in [4.69, 9.17) is 9.52 Å². The second-order valence-corrected chi connectivity index (χ2v) is 4.41. The van der Waals surface area contributed by atoms with Crippen LogP contribution in [0.25, 0.3) is 0 Å². The predicted octanol–water partition coefficient (Wildman–Crippen LogP) is 2.74. The molecule has 88 valence electrons. The molecule has 1 aliphatic carbocycles. The summed E-state index contributed by atoms with van der Waals surface area (Å²) < 4.78 is 5.43. The first kappa shape index (κ1) is 11.2. The van der Waals surface area contributed by atoms with E-state index in [2.05, 4.69) is 4.98 Å². The van der Waals surface area contributed by atoms with Gasteiger partial charge in [0.25, 0.3) is 0 Å². The summed E-state index contributed by atoms with van der Waals surface area (Å²) in [6.45, 7) is 0. The van der Waals surface area contributed by atoms with E-state index in [0.717, 1.165) is 24.4 Å². The number of hydrogen-bond acceptors (Lipinski definition) is 3. The summed E-state index contributed by atoms with van der Waals surface area (Å²) in [5.41, 5.74) is 0.767. The van der Waals surface area contributed by atoms with Crippen LogP contribution in [0.5, 0.6) is 0 Å². The molecule has 16 heavy (non-hydrogen) atoms. The molecule has 0 aliphatic heterocycles. The van der Waals surface area contributed by atoms with Gasteiger partial charge in [-0.1, -0.05) is 19.3 Å². The molecule has 1 heterocycles. The van der Waals surface area contributed by atoms with Crippen molar-refractivity contribution < 1.29 is 14.3 Å². The summed E-state index contributed by atoms with van der Waals surface area (Å²) >= 11 is 0. The van der Waals surface area contributed by atoms with Gasteiger partial charge in [0.2, 0.25) is 0 Å². The number of aromatic nitrogens is 1. The van der Waals surface area contributed by atoms with Crippen LogP contribution in [0.2, 0.25) is 0 Å². The molecule has 0 spiro atoms. The summed E-state index contributed by atoms with van der Waals surface area (Å²) in [6, 6.07) is 0. The number of rotatable bonds is 4. The quantitative estimate of drug-likeness (QED) is 0.852. The summed E-state index contributed by atoms with van der Waals surface area (Å²) in [7, 11) is 0. The van der Waals surface area contributed by atoms with Crippen molar-refractivity contribution in [3.05, 3.63) is 17.8 Å². The number of aliphatic carboxylic acids is 1. The van der Waals surface area contributed by atoms with E-state index in [1.165, 1.54) is 19.3 Å². The van der Waals surface area contributed by atoms with E-state index >= 15 is 0 Å². The van der Waals surface area contributed by atoms with Gasteiger partial charge in [0.15, 0.2) is 5.89 Å². The SMILES string of the molecule is O=C(O)CCc1coc(C2CCCCC2)n1. The van der Waals surface area contributed by atoms with Crippen molar-refractivity contribution >= 4 is 5.97 Å². The van der Waals surface area contributed by atoms with E-state index in [1.54, 1.807) is 6.26 Å². The minimum atomic E-state index is -0.790. The summed E-state index contributed by atoms with van der Waals surface area (Å²) in [4.78, 5) is 14.8.